The lowest BCUT2D eigenvalue weighted by molar-refractivity contribution is -0.119. The fraction of sp³-hybridized carbons (Fsp3) is 0.462. The van der Waals surface area contributed by atoms with E-state index >= 15 is 0 Å². The monoisotopic (exact) mass is 250 g/mol. The van der Waals surface area contributed by atoms with Crippen molar-refractivity contribution in [1.29, 1.82) is 0 Å². The fourth-order valence-electron chi connectivity index (χ4n) is 2.01. The SMILES string of the molecule is COc1ccc(NCC2CCC(=O)N2)c(OC)c1. The van der Waals surface area contributed by atoms with Gasteiger partial charge in [0.15, 0.2) is 0 Å². The molecule has 0 radical (unpaired) electrons. The van der Waals surface area contributed by atoms with Crippen LogP contribution < -0.4 is 20.1 Å². The summed E-state index contributed by atoms with van der Waals surface area (Å²) in [5.41, 5.74) is 0.902. The topological polar surface area (TPSA) is 59.6 Å². The molecule has 1 aliphatic heterocycles. The zero-order valence-electron chi connectivity index (χ0n) is 10.7. The average molecular weight is 250 g/mol. The maximum Gasteiger partial charge on any atom is 0.220 e. The smallest absolute Gasteiger partial charge is 0.220 e. The van der Waals surface area contributed by atoms with E-state index in [9.17, 15) is 4.79 Å². The highest BCUT2D eigenvalue weighted by Gasteiger charge is 2.20. The van der Waals surface area contributed by atoms with Crippen LogP contribution in [0.5, 0.6) is 11.5 Å². The van der Waals surface area contributed by atoms with Crippen LogP contribution in [0.1, 0.15) is 12.8 Å². The second-order valence-electron chi connectivity index (χ2n) is 4.25. The highest BCUT2D eigenvalue weighted by molar-refractivity contribution is 5.78. The minimum Gasteiger partial charge on any atom is -0.497 e. The molecule has 0 saturated carbocycles. The predicted octanol–water partition coefficient (Wildman–Crippen LogP) is 1.39. The van der Waals surface area contributed by atoms with Gasteiger partial charge in [0.2, 0.25) is 5.91 Å². The maximum atomic E-state index is 11.1. The van der Waals surface area contributed by atoms with Gasteiger partial charge in [0, 0.05) is 25.1 Å². The van der Waals surface area contributed by atoms with Crippen molar-refractivity contribution in [2.24, 2.45) is 0 Å². The molecule has 1 aromatic rings. The summed E-state index contributed by atoms with van der Waals surface area (Å²) in [5.74, 6) is 1.62. The summed E-state index contributed by atoms with van der Waals surface area (Å²) in [4.78, 5) is 11.1. The lowest BCUT2D eigenvalue weighted by Gasteiger charge is -2.15. The largest absolute Gasteiger partial charge is 0.497 e. The van der Waals surface area contributed by atoms with Crippen molar-refractivity contribution in [3.05, 3.63) is 18.2 Å². The van der Waals surface area contributed by atoms with Gasteiger partial charge in [-0.15, -0.1) is 0 Å². The number of hydrogen-bond donors (Lipinski definition) is 2. The third-order valence-corrected chi connectivity index (χ3v) is 3.03. The third-order valence-electron chi connectivity index (χ3n) is 3.03. The molecular formula is C13H18N2O3. The first kappa shape index (κ1) is 12.5. The van der Waals surface area contributed by atoms with Crippen LogP contribution in [0.15, 0.2) is 18.2 Å². The second kappa shape index (κ2) is 5.62. The number of methoxy groups -OCH3 is 2. The summed E-state index contributed by atoms with van der Waals surface area (Å²) < 4.78 is 10.4. The first-order chi connectivity index (χ1) is 8.72. The van der Waals surface area contributed by atoms with E-state index in [2.05, 4.69) is 10.6 Å². The van der Waals surface area contributed by atoms with Crippen LogP contribution in [0.3, 0.4) is 0 Å². The molecule has 18 heavy (non-hydrogen) atoms. The van der Waals surface area contributed by atoms with Crippen LogP contribution in [0.2, 0.25) is 0 Å². The molecule has 98 valence electrons. The minimum atomic E-state index is 0.128. The third kappa shape index (κ3) is 2.85. The first-order valence-electron chi connectivity index (χ1n) is 5.98. The summed E-state index contributed by atoms with van der Waals surface area (Å²) in [6, 6.07) is 5.81. The van der Waals surface area contributed by atoms with E-state index < -0.39 is 0 Å². The van der Waals surface area contributed by atoms with Gasteiger partial charge in [0.25, 0.3) is 0 Å². The molecule has 0 aromatic heterocycles. The molecule has 1 aliphatic rings. The number of carbonyl (C=O) groups is 1. The van der Waals surface area contributed by atoms with Gasteiger partial charge in [0.1, 0.15) is 11.5 Å². The lowest BCUT2D eigenvalue weighted by atomic mass is 10.2. The van der Waals surface area contributed by atoms with E-state index in [1.54, 1.807) is 14.2 Å². The highest BCUT2D eigenvalue weighted by atomic mass is 16.5. The molecule has 5 nitrogen and oxygen atoms in total. The normalized spacial score (nSPS) is 18.3. The summed E-state index contributed by atoms with van der Waals surface area (Å²) >= 11 is 0. The molecule has 1 saturated heterocycles. The van der Waals surface area contributed by atoms with E-state index in [4.69, 9.17) is 9.47 Å². The molecule has 0 spiro atoms. The van der Waals surface area contributed by atoms with E-state index in [0.29, 0.717) is 13.0 Å². The Hall–Kier alpha value is -1.91. The summed E-state index contributed by atoms with van der Waals surface area (Å²) in [5, 5.41) is 6.20. The molecule has 1 amide bonds. The maximum absolute atomic E-state index is 11.1. The van der Waals surface area contributed by atoms with Crippen molar-refractivity contribution < 1.29 is 14.3 Å². The number of rotatable bonds is 5. The van der Waals surface area contributed by atoms with Gasteiger partial charge in [-0.1, -0.05) is 0 Å². The van der Waals surface area contributed by atoms with E-state index in [1.165, 1.54) is 0 Å². The Morgan fingerprint density at radius 3 is 2.83 bits per heavy atom. The van der Waals surface area contributed by atoms with E-state index in [-0.39, 0.29) is 11.9 Å². The molecule has 1 atom stereocenters. The summed E-state index contributed by atoms with van der Waals surface area (Å²) in [7, 11) is 3.24. The standard InChI is InChI=1S/C13H18N2O3/c1-17-10-4-5-11(12(7-10)18-2)14-8-9-3-6-13(16)15-9/h4-5,7,9,14H,3,6,8H2,1-2H3,(H,15,16). The molecule has 0 aliphatic carbocycles. The number of anilines is 1. The quantitative estimate of drug-likeness (QED) is 0.829. The van der Waals surface area contributed by atoms with Gasteiger partial charge in [0.05, 0.1) is 19.9 Å². The molecular weight excluding hydrogens is 232 g/mol. The number of hydrogen-bond acceptors (Lipinski definition) is 4. The van der Waals surface area contributed by atoms with Gasteiger partial charge < -0.3 is 20.1 Å². The van der Waals surface area contributed by atoms with E-state index in [1.807, 2.05) is 18.2 Å². The highest BCUT2D eigenvalue weighted by Crippen LogP contribution is 2.29. The second-order valence-corrected chi connectivity index (χ2v) is 4.25. The number of amides is 1. The van der Waals surface area contributed by atoms with Gasteiger partial charge >= 0.3 is 0 Å². The Morgan fingerprint density at radius 1 is 1.39 bits per heavy atom. The molecule has 1 heterocycles. The van der Waals surface area contributed by atoms with Crippen LogP contribution in [0.4, 0.5) is 5.69 Å². The van der Waals surface area contributed by atoms with E-state index in [0.717, 1.165) is 23.6 Å². The Kier molecular flexibility index (Phi) is 3.92. The molecule has 5 heteroatoms. The average Bonchev–Trinajstić information content (AvgIpc) is 2.82. The van der Waals surface area contributed by atoms with Gasteiger partial charge in [-0.3, -0.25) is 4.79 Å². The fourth-order valence-corrected chi connectivity index (χ4v) is 2.01. The number of ether oxygens (including phenoxy) is 2. The minimum absolute atomic E-state index is 0.128. The number of carbonyl (C=O) groups excluding carboxylic acids is 1. The Morgan fingerprint density at radius 2 is 2.22 bits per heavy atom. The lowest BCUT2D eigenvalue weighted by Crippen LogP contribution is -2.31. The zero-order valence-corrected chi connectivity index (χ0v) is 10.7. The van der Waals surface area contributed by atoms with Crippen molar-refractivity contribution in [2.45, 2.75) is 18.9 Å². The number of nitrogens with one attached hydrogen (secondary N) is 2. The van der Waals surface area contributed by atoms with Gasteiger partial charge in [-0.2, -0.15) is 0 Å². The number of benzene rings is 1. The molecule has 2 rings (SSSR count). The van der Waals surface area contributed by atoms with Crippen LogP contribution in [-0.2, 0) is 4.79 Å². The van der Waals surface area contributed by atoms with Crippen molar-refractivity contribution in [3.8, 4) is 11.5 Å². The summed E-state index contributed by atoms with van der Waals surface area (Å²) in [6.07, 6.45) is 1.50. The van der Waals surface area contributed by atoms with Crippen molar-refractivity contribution >= 4 is 11.6 Å². The molecule has 2 N–H and O–H groups in total. The Balaban J connectivity index is 1.98. The molecule has 0 bridgehead atoms. The summed E-state index contributed by atoms with van der Waals surface area (Å²) in [6.45, 7) is 0.703. The zero-order chi connectivity index (χ0) is 13.0. The van der Waals surface area contributed by atoms with Gasteiger partial charge in [-0.25, -0.2) is 0 Å². The molecule has 1 aromatic carbocycles. The van der Waals surface area contributed by atoms with Crippen molar-refractivity contribution in [2.75, 3.05) is 26.1 Å². The molecule has 1 fully saturated rings. The Bertz CT molecular complexity index is 434. The van der Waals surface area contributed by atoms with Crippen molar-refractivity contribution in [3.63, 3.8) is 0 Å². The molecule has 1 unspecified atom stereocenters. The van der Waals surface area contributed by atoms with Crippen LogP contribution in [-0.4, -0.2) is 32.7 Å². The van der Waals surface area contributed by atoms with Gasteiger partial charge in [-0.05, 0) is 18.6 Å². The predicted molar refractivity (Wildman–Crippen MR) is 69.2 cm³/mol. The Labute approximate surface area is 106 Å². The van der Waals surface area contributed by atoms with Crippen LogP contribution >= 0.6 is 0 Å². The van der Waals surface area contributed by atoms with Crippen LogP contribution in [0.25, 0.3) is 0 Å². The van der Waals surface area contributed by atoms with Crippen LogP contribution in [0, 0.1) is 0 Å². The first-order valence-corrected chi connectivity index (χ1v) is 5.98. The van der Waals surface area contributed by atoms with Crippen molar-refractivity contribution in [1.82, 2.24) is 5.32 Å².